The number of halogens is 20. The molecule has 8 bridgehead atoms. The van der Waals surface area contributed by atoms with Gasteiger partial charge in [-0.1, -0.05) is 24.3 Å². The van der Waals surface area contributed by atoms with Crippen LogP contribution in [0.3, 0.4) is 0 Å². The average Bonchev–Trinajstić information content (AvgIpc) is 4.18. The molecule has 3 aliphatic rings. The summed E-state index contributed by atoms with van der Waals surface area (Å²) in [4.78, 5) is 4.84. The Morgan fingerprint density at radius 1 is 0.221 bits per heavy atom. The van der Waals surface area contributed by atoms with Crippen molar-refractivity contribution in [2.75, 3.05) is 0 Å². The third-order valence-corrected chi connectivity index (χ3v) is 12.3. The standard InChI is InChI=1S/C44H20F20N4/c45-25-21(26(46)34(54)41(61)33(25)53)17-9-1-2-10(65-9)18(22-27(47)35(55)42(62)36(56)28(22)48)12-5-6-14(67-12)20(24-31(51)39(59)44(64)40(60)32(24)52)16-8-7-15(68-16)19(13-4-3-11(17)66-13)23-29(49)37(57)43(63)38(58)30(23)50/h1-10,15-20,65-68H. The van der Waals surface area contributed by atoms with Crippen LogP contribution < -0.4 is 10.6 Å². The fraction of sp³-hybridized carbons (Fsp3) is 0.182. The number of aromatic amines is 2. The van der Waals surface area contributed by atoms with Crippen LogP contribution in [0, 0.1) is 116 Å². The molecule has 3 aliphatic heterocycles. The Labute approximate surface area is 366 Å². The SMILES string of the molecule is Fc1c(F)c(F)c(C2c3ccc([nH]3)C(c3c(F)c(F)c(F)c(F)c3F)C3C=CC(N3)C(c3c(F)c(F)c(F)c(F)c3F)c3ccc([nH]3)C(c3c(F)c(F)c(F)c(F)c3F)C3C=CC2N3)c(F)c1F. The van der Waals surface area contributed by atoms with Crippen molar-refractivity contribution < 1.29 is 87.8 Å². The summed E-state index contributed by atoms with van der Waals surface area (Å²) in [5.74, 6) is -60.1. The van der Waals surface area contributed by atoms with E-state index in [1.807, 2.05) is 0 Å². The summed E-state index contributed by atoms with van der Waals surface area (Å²) >= 11 is 0. The average molecular weight is 985 g/mol. The van der Waals surface area contributed by atoms with Gasteiger partial charge in [0.15, 0.2) is 93.1 Å². The van der Waals surface area contributed by atoms with E-state index in [0.29, 0.717) is 0 Å². The van der Waals surface area contributed by atoms with Crippen LogP contribution in [-0.4, -0.2) is 34.1 Å². The predicted molar refractivity (Wildman–Crippen MR) is 194 cm³/mol. The molecule has 0 spiro atoms. The summed E-state index contributed by atoms with van der Waals surface area (Å²) in [6.07, 6.45) is 3.45. The number of rotatable bonds is 4. The molecule has 4 N–H and O–H groups in total. The van der Waals surface area contributed by atoms with Crippen LogP contribution in [0.5, 0.6) is 0 Å². The molecule has 4 aromatic carbocycles. The van der Waals surface area contributed by atoms with Crippen LogP contribution >= 0.6 is 0 Å². The van der Waals surface area contributed by atoms with Crippen LogP contribution in [-0.2, 0) is 0 Å². The molecular weight excluding hydrogens is 964 g/mol. The molecule has 5 heterocycles. The van der Waals surface area contributed by atoms with Crippen molar-refractivity contribution >= 4 is 0 Å². The summed E-state index contributed by atoms with van der Waals surface area (Å²) < 4.78 is 304. The van der Waals surface area contributed by atoms with Gasteiger partial charge in [0.25, 0.3) is 0 Å². The van der Waals surface area contributed by atoms with Crippen molar-refractivity contribution in [3.8, 4) is 0 Å². The second-order valence-corrected chi connectivity index (χ2v) is 15.8. The van der Waals surface area contributed by atoms with Gasteiger partial charge in [0, 0.05) is 92.9 Å². The quantitative estimate of drug-likeness (QED) is 0.0616. The van der Waals surface area contributed by atoms with Gasteiger partial charge in [0.2, 0.25) is 23.3 Å². The van der Waals surface area contributed by atoms with E-state index in [9.17, 15) is 52.7 Å². The Bertz CT molecular complexity index is 2650. The minimum atomic E-state index is -2.66. The maximum absolute atomic E-state index is 15.9. The van der Waals surface area contributed by atoms with Gasteiger partial charge in [-0.2, -0.15) is 0 Å². The smallest absolute Gasteiger partial charge is 0.200 e. The lowest BCUT2D eigenvalue weighted by Crippen LogP contribution is -2.41. The van der Waals surface area contributed by atoms with Crippen molar-refractivity contribution in [1.82, 2.24) is 20.6 Å². The maximum atomic E-state index is 15.9. The lowest BCUT2D eigenvalue weighted by atomic mass is 9.86. The van der Waals surface area contributed by atoms with Gasteiger partial charge in [0.05, 0.1) is 0 Å². The Morgan fingerprint density at radius 2 is 0.368 bits per heavy atom. The molecule has 0 saturated carbocycles. The molecule has 0 radical (unpaired) electrons. The van der Waals surface area contributed by atoms with Gasteiger partial charge in [0.1, 0.15) is 0 Å². The first-order valence-electron chi connectivity index (χ1n) is 19.4. The Hall–Kier alpha value is -6.56. The van der Waals surface area contributed by atoms with Crippen LogP contribution in [0.25, 0.3) is 0 Å². The highest BCUT2D eigenvalue weighted by Crippen LogP contribution is 2.46. The predicted octanol–water partition coefficient (Wildman–Crippen LogP) is 11.2. The van der Waals surface area contributed by atoms with Crippen LogP contribution in [0.4, 0.5) is 87.8 Å². The highest BCUT2D eigenvalue weighted by molar-refractivity contribution is 5.47. The van der Waals surface area contributed by atoms with Gasteiger partial charge in [-0.25, -0.2) is 87.8 Å². The zero-order chi connectivity index (χ0) is 49.3. The molecule has 6 aromatic rings. The number of fused-ring (bicyclic) bond motifs is 8. The third kappa shape index (κ3) is 6.75. The molecule has 2 aromatic heterocycles. The lowest BCUT2D eigenvalue weighted by Gasteiger charge is -2.31. The molecule has 8 unspecified atom stereocenters. The van der Waals surface area contributed by atoms with Crippen molar-refractivity contribution in [3.05, 3.63) is 210 Å². The number of nitrogens with one attached hydrogen (secondary N) is 4. The van der Waals surface area contributed by atoms with Gasteiger partial charge < -0.3 is 20.6 Å². The third-order valence-electron chi connectivity index (χ3n) is 12.3. The molecular formula is C44H20F20N4. The van der Waals surface area contributed by atoms with E-state index in [4.69, 9.17) is 0 Å². The topological polar surface area (TPSA) is 55.6 Å². The molecule has 9 rings (SSSR count). The van der Waals surface area contributed by atoms with E-state index in [0.717, 1.165) is 48.6 Å². The van der Waals surface area contributed by atoms with Crippen molar-refractivity contribution in [2.24, 2.45) is 0 Å². The number of aromatic nitrogens is 2. The van der Waals surface area contributed by atoms with E-state index in [-0.39, 0.29) is 0 Å². The van der Waals surface area contributed by atoms with Crippen LogP contribution in [0.2, 0.25) is 0 Å². The summed E-state index contributed by atoms with van der Waals surface area (Å²) in [6, 6.07) is -4.56. The molecule has 68 heavy (non-hydrogen) atoms. The molecule has 4 nitrogen and oxygen atoms in total. The summed E-state index contributed by atoms with van der Waals surface area (Å²) in [5.41, 5.74) is -9.53. The second kappa shape index (κ2) is 16.6. The van der Waals surface area contributed by atoms with E-state index in [2.05, 4.69) is 20.6 Å². The van der Waals surface area contributed by atoms with Crippen LogP contribution in [0.15, 0.2) is 48.6 Å². The lowest BCUT2D eigenvalue weighted by molar-refractivity contribution is 0.352. The van der Waals surface area contributed by atoms with E-state index in [1.165, 1.54) is 0 Å². The van der Waals surface area contributed by atoms with E-state index >= 15 is 35.1 Å². The zero-order valence-corrected chi connectivity index (χ0v) is 32.8. The van der Waals surface area contributed by atoms with Crippen molar-refractivity contribution in [1.29, 1.82) is 0 Å². The Balaban J connectivity index is 1.35. The summed E-state index contributed by atoms with van der Waals surface area (Å²) in [5, 5.41) is 5.07. The second-order valence-electron chi connectivity index (χ2n) is 15.8. The van der Waals surface area contributed by atoms with E-state index < -0.39 is 209 Å². The number of hydrogen-bond acceptors (Lipinski definition) is 2. The Morgan fingerprint density at radius 3 is 0.529 bits per heavy atom. The monoisotopic (exact) mass is 984 g/mol. The number of hydrogen-bond donors (Lipinski definition) is 4. The van der Waals surface area contributed by atoms with Crippen LogP contribution in [0.1, 0.15) is 68.7 Å². The normalized spacial score (nSPS) is 23.4. The molecule has 0 aliphatic carbocycles. The van der Waals surface area contributed by atoms with Gasteiger partial charge in [-0.3, -0.25) is 0 Å². The molecule has 0 amide bonds. The Kier molecular flexibility index (Phi) is 11.4. The molecule has 8 atom stereocenters. The summed E-state index contributed by atoms with van der Waals surface area (Å²) in [6.45, 7) is 0. The molecule has 24 heteroatoms. The van der Waals surface area contributed by atoms with Crippen molar-refractivity contribution in [3.63, 3.8) is 0 Å². The van der Waals surface area contributed by atoms with Gasteiger partial charge >= 0.3 is 0 Å². The fourth-order valence-electron chi connectivity index (χ4n) is 9.25. The molecule has 356 valence electrons. The number of benzene rings is 4. The first-order valence-corrected chi connectivity index (χ1v) is 19.4. The molecule has 0 fully saturated rings. The van der Waals surface area contributed by atoms with Gasteiger partial charge in [-0.15, -0.1) is 0 Å². The largest absolute Gasteiger partial charge is 0.361 e. The summed E-state index contributed by atoms with van der Waals surface area (Å²) in [7, 11) is 0. The van der Waals surface area contributed by atoms with Gasteiger partial charge in [-0.05, 0) is 24.3 Å². The number of H-pyrrole nitrogens is 2. The molecule has 0 saturated heterocycles. The zero-order valence-electron chi connectivity index (χ0n) is 32.8. The first kappa shape index (κ1) is 46.5. The first-order chi connectivity index (χ1) is 32.1. The minimum Gasteiger partial charge on any atom is -0.361 e. The highest BCUT2D eigenvalue weighted by Gasteiger charge is 2.46. The van der Waals surface area contributed by atoms with Crippen molar-refractivity contribution in [2.45, 2.75) is 47.8 Å². The highest BCUT2D eigenvalue weighted by atomic mass is 19.2. The van der Waals surface area contributed by atoms with E-state index in [1.54, 1.807) is 0 Å². The fourth-order valence-corrected chi connectivity index (χ4v) is 9.25. The maximum Gasteiger partial charge on any atom is 0.200 e. The minimum absolute atomic E-state index is 0.709.